The normalized spacial score (nSPS) is 10.6. The van der Waals surface area contributed by atoms with Crippen LogP contribution >= 0.6 is 11.5 Å². The minimum Gasteiger partial charge on any atom is -0.311 e. The van der Waals surface area contributed by atoms with E-state index in [2.05, 4.69) is 14.3 Å². The highest BCUT2D eigenvalue weighted by Gasteiger charge is 2.04. The number of hydrogen-bond acceptors (Lipinski definition) is 4. The third-order valence-electron chi connectivity index (χ3n) is 1.44. The van der Waals surface area contributed by atoms with Crippen LogP contribution in [-0.2, 0) is 0 Å². The molecule has 1 N–H and O–H groups in total. The van der Waals surface area contributed by atoms with Crippen LogP contribution in [0.4, 0.5) is 0 Å². The Morgan fingerprint density at radius 2 is 2.36 bits per heavy atom. The van der Waals surface area contributed by atoms with Gasteiger partial charge in [-0.25, -0.2) is 4.98 Å². The van der Waals surface area contributed by atoms with Crippen LogP contribution in [0.2, 0.25) is 0 Å². The van der Waals surface area contributed by atoms with E-state index in [0.717, 1.165) is 4.88 Å². The molecule has 0 amide bonds. The highest BCUT2D eigenvalue weighted by molar-refractivity contribution is 7.07. The van der Waals surface area contributed by atoms with Crippen LogP contribution in [0.1, 0.15) is 4.88 Å². The average Bonchev–Trinajstić information content (AvgIpc) is 2.35. The third-order valence-corrected chi connectivity index (χ3v) is 2.18. The highest BCUT2D eigenvalue weighted by atomic mass is 32.1. The number of aromatic nitrogens is 3. The molecule has 56 valence electrons. The lowest BCUT2D eigenvalue weighted by Crippen LogP contribution is -2.05. The van der Waals surface area contributed by atoms with Gasteiger partial charge >= 0.3 is 0 Å². The number of H-pyrrole nitrogens is 1. The number of nitrogens with zero attached hydrogens (tertiary/aromatic N) is 2. The molecule has 4 nitrogen and oxygen atoms in total. The molecule has 0 atom stereocenters. The first-order valence-corrected chi connectivity index (χ1v) is 3.86. The van der Waals surface area contributed by atoms with Gasteiger partial charge in [-0.15, -0.1) is 0 Å². The van der Waals surface area contributed by atoms with E-state index in [-0.39, 0.29) is 5.56 Å². The maximum atomic E-state index is 11.0. The van der Waals surface area contributed by atoms with Crippen molar-refractivity contribution >= 4 is 22.6 Å². The van der Waals surface area contributed by atoms with Gasteiger partial charge in [0.05, 0.1) is 6.33 Å². The second-order valence-electron chi connectivity index (χ2n) is 2.17. The second kappa shape index (κ2) is 2.13. The van der Waals surface area contributed by atoms with Gasteiger partial charge in [0.2, 0.25) is 0 Å². The molecule has 0 saturated carbocycles. The molecule has 0 unspecified atom stereocenters. The summed E-state index contributed by atoms with van der Waals surface area (Å²) in [7, 11) is 0. The zero-order chi connectivity index (χ0) is 7.84. The zero-order valence-electron chi connectivity index (χ0n) is 5.79. The molecular formula is C6H5N3OS. The van der Waals surface area contributed by atoms with E-state index in [1.54, 1.807) is 0 Å². The maximum absolute atomic E-state index is 11.0. The van der Waals surface area contributed by atoms with E-state index < -0.39 is 0 Å². The Morgan fingerprint density at radius 3 is 3.09 bits per heavy atom. The number of rotatable bonds is 0. The first kappa shape index (κ1) is 6.48. The van der Waals surface area contributed by atoms with Gasteiger partial charge in [-0.3, -0.25) is 4.79 Å². The molecule has 2 aromatic rings. The molecular weight excluding hydrogens is 162 g/mol. The van der Waals surface area contributed by atoms with Crippen LogP contribution in [0.15, 0.2) is 11.1 Å². The first-order chi connectivity index (χ1) is 5.29. The fourth-order valence-electron chi connectivity index (χ4n) is 0.892. The number of nitrogens with one attached hydrogen (secondary N) is 1. The van der Waals surface area contributed by atoms with E-state index in [1.165, 1.54) is 17.9 Å². The van der Waals surface area contributed by atoms with Gasteiger partial charge in [0.25, 0.3) is 5.56 Å². The molecule has 0 bridgehead atoms. The lowest BCUT2D eigenvalue weighted by Gasteiger charge is -1.84. The Labute approximate surface area is 66.1 Å². The molecule has 0 radical (unpaired) electrons. The Bertz CT molecular complexity index is 444. The molecule has 0 aliphatic carbocycles. The average molecular weight is 167 g/mol. The van der Waals surface area contributed by atoms with Gasteiger partial charge in [0.1, 0.15) is 5.52 Å². The molecule has 0 aliphatic heterocycles. The minimum atomic E-state index is -0.167. The summed E-state index contributed by atoms with van der Waals surface area (Å²) in [6, 6.07) is 0. The van der Waals surface area contributed by atoms with Crippen LogP contribution in [0.3, 0.4) is 0 Å². The summed E-state index contributed by atoms with van der Waals surface area (Å²) in [5, 5.41) is 0. The summed E-state index contributed by atoms with van der Waals surface area (Å²) in [5.74, 6) is 0. The number of aryl methyl sites for hydroxylation is 1. The van der Waals surface area contributed by atoms with Crippen LogP contribution < -0.4 is 5.56 Å². The minimum absolute atomic E-state index is 0.167. The van der Waals surface area contributed by atoms with Gasteiger partial charge in [-0.2, -0.15) is 4.37 Å². The summed E-state index contributed by atoms with van der Waals surface area (Å²) in [5.41, 5.74) is 0.980. The number of hydrogen-bond donors (Lipinski definition) is 1. The van der Waals surface area contributed by atoms with Gasteiger partial charge in [0.15, 0.2) is 5.52 Å². The van der Waals surface area contributed by atoms with Crippen LogP contribution in [0, 0.1) is 6.92 Å². The number of fused-ring (bicyclic) bond motifs is 1. The molecule has 0 fully saturated rings. The lowest BCUT2D eigenvalue weighted by molar-refractivity contribution is 1.16. The predicted molar refractivity (Wildman–Crippen MR) is 42.8 cm³/mol. The van der Waals surface area contributed by atoms with E-state index in [4.69, 9.17) is 0 Å². The highest BCUT2D eigenvalue weighted by Crippen LogP contribution is 2.13. The van der Waals surface area contributed by atoms with Crippen LogP contribution in [-0.4, -0.2) is 14.3 Å². The lowest BCUT2D eigenvalue weighted by atomic mass is 10.4. The molecule has 0 spiro atoms. The Morgan fingerprint density at radius 1 is 1.55 bits per heavy atom. The largest absolute Gasteiger partial charge is 0.311 e. The van der Waals surface area contributed by atoms with Gasteiger partial charge < -0.3 is 4.98 Å². The molecule has 0 aliphatic rings. The number of aromatic amines is 1. The fourth-order valence-corrected chi connectivity index (χ4v) is 1.53. The summed E-state index contributed by atoms with van der Waals surface area (Å²) in [6.07, 6.45) is 1.39. The van der Waals surface area contributed by atoms with Crippen molar-refractivity contribution in [1.29, 1.82) is 0 Å². The molecule has 2 heterocycles. The Balaban J connectivity index is 3.06. The van der Waals surface area contributed by atoms with Crippen molar-refractivity contribution in [2.45, 2.75) is 6.92 Å². The van der Waals surface area contributed by atoms with Crippen molar-refractivity contribution in [3.05, 3.63) is 21.6 Å². The molecule has 11 heavy (non-hydrogen) atoms. The SMILES string of the molecule is Cc1snc2c(=O)[nH]cnc12. The first-order valence-electron chi connectivity index (χ1n) is 3.08. The maximum Gasteiger partial charge on any atom is 0.278 e. The molecule has 0 aromatic carbocycles. The molecule has 2 rings (SSSR count). The summed E-state index contributed by atoms with van der Waals surface area (Å²) in [4.78, 5) is 18.5. The van der Waals surface area contributed by atoms with E-state index in [1.807, 2.05) is 6.92 Å². The summed E-state index contributed by atoms with van der Waals surface area (Å²) in [6.45, 7) is 1.90. The summed E-state index contributed by atoms with van der Waals surface area (Å²) < 4.78 is 3.95. The quantitative estimate of drug-likeness (QED) is 0.628. The van der Waals surface area contributed by atoms with E-state index in [0.29, 0.717) is 11.0 Å². The second-order valence-corrected chi connectivity index (χ2v) is 3.15. The van der Waals surface area contributed by atoms with Crippen molar-refractivity contribution in [3.63, 3.8) is 0 Å². The van der Waals surface area contributed by atoms with E-state index in [9.17, 15) is 4.79 Å². The van der Waals surface area contributed by atoms with Crippen LogP contribution in [0.5, 0.6) is 0 Å². The van der Waals surface area contributed by atoms with Crippen molar-refractivity contribution in [2.75, 3.05) is 0 Å². The van der Waals surface area contributed by atoms with Gasteiger partial charge in [-0.1, -0.05) is 0 Å². The molecule has 5 heteroatoms. The topological polar surface area (TPSA) is 58.6 Å². The predicted octanol–water partition coefficient (Wildman–Crippen LogP) is 0.688. The molecule has 2 aromatic heterocycles. The van der Waals surface area contributed by atoms with Gasteiger partial charge in [0, 0.05) is 4.88 Å². The van der Waals surface area contributed by atoms with Crippen molar-refractivity contribution in [3.8, 4) is 0 Å². The Kier molecular flexibility index (Phi) is 1.25. The van der Waals surface area contributed by atoms with Crippen LogP contribution in [0.25, 0.3) is 11.0 Å². The fraction of sp³-hybridized carbons (Fsp3) is 0.167. The monoisotopic (exact) mass is 167 g/mol. The Hall–Kier alpha value is -1.23. The summed E-state index contributed by atoms with van der Waals surface area (Å²) >= 11 is 1.30. The smallest absolute Gasteiger partial charge is 0.278 e. The van der Waals surface area contributed by atoms with Crippen molar-refractivity contribution in [2.24, 2.45) is 0 Å². The zero-order valence-corrected chi connectivity index (χ0v) is 6.60. The van der Waals surface area contributed by atoms with E-state index >= 15 is 0 Å². The van der Waals surface area contributed by atoms with Crippen molar-refractivity contribution in [1.82, 2.24) is 14.3 Å². The third kappa shape index (κ3) is 0.848. The van der Waals surface area contributed by atoms with Gasteiger partial charge in [-0.05, 0) is 18.5 Å². The standard InChI is InChI=1S/C6H5N3OS/c1-3-4-5(9-11-3)6(10)8-2-7-4/h2H,1H3,(H,7,8,10). The van der Waals surface area contributed by atoms with Crippen molar-refractivity contribution < 1.29 is 0 Å². The molecule has 0 saturated heterocycles.